The molecule has 1 rings (SSSR count). The van der Waals surface area contributed by atoms with Gasteiger partial charge in [0.25, 0.3) is 0 Å². The second kappa shape index (κ2) is 40.0. The third kappa shape index (κ3) is 34.3. The molecule has 0 aliphatic carbocycles. The summed E-state index contributed by atoms with van der Waals surface area (Å²) >= 11 is 0. The molecule has 0 atom stereocenters. The molecule has 1 fully saturated rings. The molecule has 4 heteroatoms. The lowest BCUT2D eigenvalue weighted by atomic mass is 10.1. The summed E-state index contributed by atoms with van der Waals surface area (Å²) in [5.41, 5.74) is 0. The van der Waals surface area contributed by atoms with Crippen LogP contribution in [0.25, 0.3) is 0 Å². The standard InChI is InChI=1S/C47H88N2O2/c1-4-6-8-10-12-14-16-18-20-22-24-26-28-30-32-36-43-50-45-47(48(3)39-38-42-49-40-34-35-41-49)46-51-44-37-33-31-29-27-25-23-21-19-17-15-13-11-9-7-5-2/h12-15,18-21,47H,4-11,16-17,22-46H2,1-3H3/b14-12-,15-13-,20-18-,21-19-. The molecule has 0 bridgehead atoms. The van der Waals surface area contributed by atoms with Gasteiger partial charge in [-0.15, -0.1) is 0 Å². The molecule has 1 heterocycles. The topological polar surface area (TPSA) is 24.9 Å². The fourth-order valence-corrected chi connectivity index (χ4v) is 6.86. The molecule has 1 aliphatic heterocycles. The molecule has 0 unspecified atom stereocenters. The molecule has 0 amide bonds. The maximum absolute atomic E-state index is 6.25. The van der Waals surface area contributed by atoms with Crippen LogP contribution in [0.5, 0.6) is 0 Å². The van der Waals surface area contributed by atoms with E-state index in [1.54, 1.807) is 0 Å². The molecule has 0 N–H and O–H groups in total. The van der Waals surface area contributed by atoms with Crippen LogP contribution in [0, 0.1) is 0 Å². The Kier molecular flexibility index (Phi) is 37.5. The summed E-state index contributed by atoms with van der Waals surface area (Å²) < 4.78 is 12.5. The summed E-state index contributed by atoms with van der Waals surface area (Å²) in [7, 11) is 2.28. The number of rotatable bonds is 39. The van der Waals surface area contributed by atoms with Crippen LogP contribution in [0.2, 0.25) is 0 Å². The Labute approximate surface area is 320 Å². The average Bonchev–Trinajstić information content (AvgIpc) is 3.66. The van der Waals surface area contributed by atoms with Crippen molar-refractivity contribution in [2.45, 2.75) is 193 Å². The van der Waals surface area contributed by atoms with Crippen LogP contribution in [0.3, 0.4) is 0 Å². The van der Waals surface area contributed by atoms with Gasteiger partial charge >= 0.3 is 0 Å². The maximum atomic E-state index is 6.25. The maximum Gasteiger partial charge on any atom is 0.0644 e. The third-order valence-electron chi connectivity index (χ3n) is 10.4. The molecule has 4 nitrogen and oxygen atoms in total. The zero-order valence-electron chi connectivity index (χ0n) is 34.7. The van der Waals surface area contributed by atoms with Crippen molar-refractivity contribution in [3.05, 3.63) is 48.6 Å². The highest BCUT2D eigenvalue weighted by atomic mass is 16.5. The van der Waals surface area contributed by atoms with Crippen molar-refractivity contribution in [3.8, 4) is 0 Å². The summed E-state index contributed by atoms with van der Waals surface area (Å²) in [6, 6.07) is 0.359. The largest absolute Gasteiger partial charge is 0.380 e. The fraction of sp³-hybridized carbons (Fsp3) is 0.830. The summed E-state index contributed by atoms with van der Waals surface area (Å²) in [5.74, 6) is 0. The van der Waals surface area contributed by atoms with Crippen LogP contribution < -0.4 is 0 Å². The lowest BCUT2D eigenvalue weighted by Gasteiger charge is -2.28. The van der Waals surface area contributed by atoms with E-state index in [1.807, 2.05) is 0 Å². The molecule has 298 valence electrons. The van der Waals surface area contributed by atoms with Crippen LogP contribution in [-0.2, 0) is 9.47 Å². The van der Waals surface area contributed by atoms with Crippen molar-refractivity contribution in [3.63, 3.8) is 0 Å². The van der Waals surface area contributed by atoms with Crippen molar-refractivity contribution in [1.82, 2.24) is 9.80 Å². The molecular weight excluding hydrogens is 625 g/mol. The smallest absolute Gasteiger partial charge is 0.0644 e. The Hall–Kier alpha value is -1.20. The van der Waals surface area contributed by atoms with E-state index in [0.717, 1.165) is 45.8 Å². The summed E-state index contributed by atoms with van der Waals surface area (Å²) in [4.78, 5) is 5.14. The van der Waals surface area contributed by atoms with Gasteiger partial charge in [-0.2, -0.15) is 0 Å². The molecule has 0 spiro atoms. The number of hydrogen-bond acceptors (Lipinski definition) is 4. The van der Waals surface area contributed by atoms with Gasteiger partial charge in [-0.1, -0.05) is 140 Å². The van der Waals surface area contributed by atoms with Gasteiger partial charge in [0.1, 0.15) is 0 Å². The molecule has 0 radical (unpaired) electrons. The average molecular weight is 713 g/mol. The zero-order valence-corrected chi connectivity index (χ0v) is 34.7. The van der Waals surface area contributed by atoms with Crippen molar-refractivity contribution in [2.75, 3.05) is 59.7 Å². The minimum Gasteiger partial charge on any atom is -0.380 e. The van der Waals surface area contributed by atoms with Gasteiger partial charge in [0, 0.05) is 13.2 Å². The van der Waals surface area contributed by atoms with Gasteiger partial charge in [-0.05, 0) is 130 Å². The molecule has 0 aromatic carbocycles. The van der Waals surface area contributed by atoms with Gasteiger partial charge in [0.05, 0.1) is 19.3 Å². The van der Waals surface area contributed by atoms with Gasteiger partial charge < -0.3 is 14.4 Å². The molecule has 0 aromatic heterocycles. The van der Waals surface area contributed by atoms with E-state index >= 15 is 0 Å². The van der Waals surface area contributed by atoms with Crippen molar-refractivity contribution in [1.29, 1.82) is 0 Å². The van der Waals surface area contributed by atoms with Crippen molar-refractivity contribution >= 4 is 0 Å². The number of likely N-dealkylation sites (tertiary alicyclic amines) is 1. The molecule has 51 heavy (non-hydrogen) atoms. The highest BCUT2D eigenvalue weighted by Gasteiger charge is 2.17. The van der Waals surface area contributed by atoms with Crippen LogP contribution in [0.4, 0.5) is 0 Å². The van der Waals surface area contributed by atoms with Gasteiger partial charge in [0.2, 0.25) is 0 Å². The highest BCUT2D eigenvalue weighted by molar-refractivity contribution is 4.93. The number of allylic oxidation sites excluding steroid dienone is 8. The third-order valence-corrected chi connectivity index (χ3v) is 10.4. The van der Waals surface area contributed by atoms with Crippen molar-refractivity contribution < 1.29 is 9.47 Å². The highest BCUT2D eigenvalue weighted by Crippen LogP contribution is 2.12. The van der Waals surface area contributed by atoms with E-state index in [1.165, 1.54) is 180 Å². The normalized spacial score (nSPS) is 14.5. The Morgan fingerprint density at radius 3 is 1.31 bits per heavy atom. The van der Waals surface area contributed by atoms with Gasteiger partial charge in [-0.3, -0.25) is 4.90 Å². The van der Waals surface area contributed by atoms with Crippen LogP contribution in [0.1, 0.15) is 187 Å². The Morgan fingerprint density at radius 1 is 0.490 bits per heavy atom. The Balaban J connectivity index is 2.09. The first-order chi connectivity index (χ1) is 25.3. The minimum atomic E-state index is 0.359. The number of likely N-dealkylation sites (N-methyl/N-ethyl adjacent to an activating group) is 1. The van der Waals surface area contributed by atoms with E-state index in [2.05, 4.69) is 79.3 Å². The predicted molar refractivity (Wildman–Crippen MR) is 227 cm³/mol. The number of nitrogens with zero attached hydrogens (tertiary/aromatic N) is 2. The van der Waals surface area contributed by atoms with Gasteiger partial charge in [0.15, 0.2) is 0 Å². The molecule has 0 aromatic rings. The van der Waals surface area contributed by atoms with E-state index in [0.29, 0.717) is 6.04 Å². The number of ether oxygens (including phenoxy) is 2. The summed E-state index contributed by atoms with van der Waals surface area (Å²) in [6.07, 6.45) is 53.7. The first kappa shape index (κ1) is 47.8. The SMILES string of the molecule is CCCCC/C=C\C/C=C\CCCCCCCCOCC(COCCCCCCCC/C=C\C/C=C\CCCCC)N(C)CCCN1CCCC1. The van der Waals surface area contributed by atoms with E-state index in [-0.39, 0.29) is 0 Å². The second-order valence-electron chi connectivity index (χ2n) is 15.4. The quantitative estimate of drug-likeness (QED) is 0.0468. The van der Waals surface area contributed by atoms with Crippen molar-refractivity contribution in [2.24, 2.45) is 0 Å². The van der Waals surface area contributed by atoms with E-state index < -0.39 is 0 Å². The first-order valence-electron chi connectivity index (χ1n) is 22.5. The molecule has 0 saturated carbocycles. The van der Waals surface area contributed by atoms with Crippen LogP contribution in [0.15, 0.2) is 48.6 Å². The monoisotopic (exact) mass is 713 g/mol. The molecule has 1 saturated heterocycles. The predicted octanol–water partition coefficient (Wildman–Crippen LogP) is 13.4. The first-order valence-corrected chi connectivity index (χ1v) is 22.5. The van der Waals surface area contributed by atoms with E-state index in [4.69, 9.17) is 9.47 Å². The lowest BCUT2D eigenvalue weighted by molar-refractivity contribution is 0.0110. The Morgan fingerprint density at radius 2 is 0.882 bits per heavy atom. The lowest BCUT2D eigenvalue weighted by Crippen LogP contribution is -2.41. The van der Waals surface area contributed by atoms with Crippen LogP contribution >= 0.6 is 0 Å². The van der Waals surface area contributed by atoms with Gasteiger partial charge in [-0.25, -0.2) is 0 Å². The summed E-state index contributed by atoms with van der Waals surface area (Å²) in [5, 5.41) is 0. The molecule has 1 aliphatic rings. The minimum absolute atomic E-state index is 0.359. The zero-order chi connectivity index (χ0) is 36.6. The number of hydrogen-bond donors (Lipinski definition) is 0. The molecular formula is C47H88N2O2. The van der Waals surface area contributed by atoms with E-state index in [9.17, 15) is 0 Å². The Bertz CT molecular complexity index is 748. The number of unbranched alkanes of at least 4 members (excludes halogenated alkanes) is 18. The second-order valence-corrected chi connectivity index (χ2v) is 15.4. The van der Waals surface area contributed by atoms with Crippen LogP contribution in [-0.4, -0.2) is 75.5 Å². The fourth-order valence-electron chi connectivity index (χ4n) is 6.86. The summed E-state index contributed by atoms with van der Waals surface area (Å²) in [6.45, 7) is 12.9.